The number of anilines is 1. The molecule has 0 aliphatic carbocycles. The normalized spacial score (nSPS) is 12.0. The SMILES string of the molecule is COc1cccc(CN(C(=O)CN(c2ccc(Cl)cc2C)S(=O)(=O)c2ccc(C)cc2)C(Cc2ccccc2)C(=O)NC(C)C)c1. The molecule has 0 saturated carbocycles. The molecule has 8 nitrogen and oxygen atoms in total. The van der Waals surface area contributed by atoms with Crippen molar-refractivity contribution in [1.29, 1.82) is 0 Å². The zero-order valence-corrected chi connectivity index (χ0v) is 28.3. The molecule has 4 rings (SSSR count). The molecule has 242 valence electrons. The second-order valence-electron chi connectivity index (χ2n) is 11.5. The summed E-state index contributed by atoms with van der Waals surface area (Å²) in [4.78, 5) is 29.9. The fourth-order valence-electron chi connectivity index (χ4n) is 5.15. The number of sulfonamides is 1. The van der Waals surface area contributed by atoms with Gasteiger partial charge >= 0.3 is 0 Å². The van der Waals surface area contributed by atoms with E-state index in [2.05, 4.69) is 5.32 Å². The second-order valence-corrected chi connectivity index (χ2v) is 13.8. The van der Waals surface area contributed by atoms with Crippen molar-refractivity contribution in [3.8, 4) is 5.75 Å². The minimum atomic E-state index is -4.22. The van der Waals surface area contributed by atoms with Gasteiger partial charge in [-0.2, -0.15) is 0 Å². The Bertz CT molecular complexity index is 1760. The average molecular weight is 662 g/mol. The minimum Gasteiger partial charge on any atom is -0.497 e. The van der Waals surface area contributed by atoms with Gasteiger partial charge in [0.1, 0.15) is 18.3 Å². The number of carbonyl (C=O) groups is 2. The lowest BCUT2D eigenvalue weighted by Crippen LogP contribution is -2.54. The molecule has 46 heavy (non-hydrogen) atoms. The molecular weight excluding hydrogens is 622 g/mol. The summed E-state index contributed by atoms with van der Waals surface area (Å²) in [6, 6.07) is 26.8. The zero-order valence-electron chi connectivity index (χ0n) is 26.7. The Morgan fingerprint density at radius 3 is 2.17 bits per heavy atom. The number of hydrogen-bond acceptors (Lipinski definition) is 5. The molecule has 10 heteroatoms. The molecule has 0 bridgehead atoms. The summed E-state index contributed by atoms with van der Waals surface area (Å²) in [6.45, 7) is 6.80. The van der Waals surface area contributed by atoms with Crippen LogP contribution in [0.3, 0.4) is 0 Å². The third-order valence-electron chi connectivity index (χ3n) is 7.50. The van der Waals surface area contributed by atoms with Crippen LogP contribution in [0.5, 0.6) is 5.75 Å². The van der Waals surface area contributed by atoms with E-state index in [1.54, 1.807) is 56.5 Å². The van der Waals surface area contributed by atoms with Gasteiger partial charge in [0.15, 0.2) is 0 Å². The summed E-state index contributed by atoms with van der Waals surface area (Å²) in [5.41, 5.74) is 3.36. The van der Waals surface area contributed by atoms with Crippen LogP contribution in [0.1, 0.15) is 36.1 Å². The highest BCUT2D eigenvalue weighted by Gasteiger charge is 2.35. The molecule has 1 N–H and O–H groups in total. The quantitative estimate of drug-likeness (QED) is 0.181. The van der Waals surface area contributed by atoms with E-state index >= 15 is 0 Å². The number of aryl methyl sites for hydroxylation is 2. The Labute approximate surface area is 277 Å². The molecule has 0 heterocycles. The van der Waals surface area contributed by atoms with Gasteiger partial charge in [0, 0.05) is 24.0 Å². The van der Waals surface area contributed by atoms with Gasteiger partial charge in [-0.3, -0.25) is 13.9 Å². The first-order chi connectivity index (χ1) is 21.9. The minimum absolute atomic E-state index is 0.0388. The van der Waals surface area contributed by atoms with Crippen LogP contribution in [0, 0.1) is 13.8 Å². The molecular formula is C36H40ClN3O5S. The highest BCUT2D eigenvalue weighted by Crippen LogP contribution is 2.30. The number of methoxy groups -OCH3 is 1. The summed E-state index contributed by atoms with van der Waals surface area (Å²) in [5, 5.41) is 3.40. The molecule has 0 saturated heterocycles. The number of nitrogens with one attached hydrogen (secondary N) is 1. The Balaban J connectivity index is 1.84. The number of amides is 2. The van der Waals surface area contributed by atoms with E-state index < -0.39 is 28.5 Å². The number of nitrogens with zero attached hydrogens (tertiary/aromatic N) is 2. The smallest absolute Gasteiger partial charge is 0.264 e. The van der Waals surface area contributed by atoms with Gasteiger partial charge in [-0.1, -0.05) is 71.8 Å². The third kappa shape index (κ3) is 8.68. The maximum atomic E-state index is 14.6. The van der Waals surface area contributed by atoms with Crippen molar-refractivity contribution in [2.75, 3.05) is 18.0 Å². The summed E-state index contributed by atoms with van der Waals surface area (Å²) < 4.78 is 35.0. The van der Waals surface area contributed by atoms with Crippen molar-refractivity contribution in [1.82, 2.24) is 10.2 Å². The molecule has 0 aliphatic heterocycles. The van der Waals surface area contributed by atoms with Crippen molar-refractivity contribution in [3.05, 3.63) is 124 Å². The van der Waals surface area contributed by atoms with Crippen LogP contribution >= 0.6 is 11.6 Å². The summed E-state index contributed by atoms with van der Waals surface area (Å²) >= 11 is 6.24. The number of ether oxygens (including phenoxy) is 1. The highest BCUT2D eigenvalue weighted by atomic mass is 35.5. The van der Waals surface area contributed by atoms with Crippen LogP contribution in [0.15, 0.2) is 102 Å². The monoisotopic (exact) mass is 661 g/mol. The van der Waals surface area contributed by atoms with Gasteiger partial charge in [0.2, 0.25) is 11.8 Å². The van der Waals surface area contributed by atoms with Crippen LogP contribution in [-0.4, -0.2) is 50.9 Å². The maximum absolute atomic E-state index is 14.6. The largest absolute Gasteiger partial charge is 0.497 e. The Kier molecular flexibility index (Phi) is 11.5. The van der Waals surface area contributed by atoms with Gasteiger partial charge < -0.3 is 15.0 Å². The van der Waals surface area contributed by atoms with Crippen LogP contribution in [-0.2, 0) is 32.6 Å². The number of hydrogen-bond donors (Lipinski definition) is 1. The van der Waals surface area contributed by atoms with Crippen molar-refractivity contribution in [3.63, 3.8) is 0 Å². The van der Waals surface area contributed by atoms with Crippen molar-refractivity contribution < 1.29 is 22.7 Å². The lowest BCUT2D eigenvalue weighted by atomic mass is 10.0. The molecule has 1 atom stereocenters. The number of rotatable bonds is 13. The van der Waals surface area contributed by atoms with Gasteiger partial charge in [-0.25, -0.2) is 8.42 Å². The van der Waals surface area contributed by atoms with Crippen molar-refractivity contribution in [2.45, 2.75) is 57.6 Å². The molecule has 1 unspecified atom stereocenters. The molecule has 0 spiro atoms. The van der Waals surface area contributed by atoms with Gasteiger partial charge in [0.25, 0.3) is 10.0 Å². The fourth-order valence-corrected chi connectivity index (χ4v) is 6.86. The molecule has 0 aromatic heterocycles. The third-order valence-corrected chi connectivity index (χ3v) is 9.51. The maximum Gasteiger partial charge on any atom is 0.264 e. The van der Waals surface area contributed by atoms with Crippen LogP contribution in [0.2, 0.25) is 5.02 Å². The van der Waals surface area contributed by atoms with E-state index in [1.807, 2.05) is 63.2 Å². The Morgan fingerprint density at radius 2 is 1.54 bits per heavy atom. The molecule has 0 aliphatic rings. The van der Waals surface area contributed by atoms with E-state index in [-0.39, 0.29) is 29.8 Å². The number of benzene rings is 4. The van der Waals surface area contributed by atoms with Crippen molar-refractivity contribution in [2.24, 2.45) is 0 Å². The zero-order chi connectivity index (χ0) is 33.4. The van der Waals surface area contributed by atoms with Gasteiger partial charge in [-0.15, -0.1) is 0 Å². The predicted molar refractivity (Wildman–Crippen MR) is 183 cm³/mol. The lowest BCUT2D eigenvalue weighted by Gasteiger charge is -2.34. The Hall–Kier alpha value is -4.34. The van der Waals surface area contributed by atoms with E-state index in [0.717, 1.165) is 21.0 Å². The molecule has 4 aromatic carbocycles. The standard InChI is InChI=1S/C36H40ClN3O5S/c1-25(2)38-36(42)34(22-28-10-7-6-8-11-28)39(23-29-12-9-13-31(21-29)45-5)35(41)24-40(33-19-16-30(37)20-27(33)4)46(43,44)32-17-14-26(3)15-18-32/h6-21,25,34H,22-24H2,1-5H3,(H,38,42). The summed E-state index contributed by atoms with van der Waals surface area (Å²) in [6.07, 6.45) is 0.222. The first kappa shape index (κ1) is 34.5. The first-order valence-corrected chi connectivity index (χ1v) is 16.8. The average Bonchev–Trinajstić information content (AvgIpc) is 3.02. The second kappa shape index (κ2) is 15.3. The predicted octanol–water partition coefficient (Wildman–Crippen LogP) is 6.33. The van der Waals surface area contributed by atoms with E-state index in [1.165, 1.54) is 17.0 Å². The molecule has 0 fully saturated rings. The van der Waals surface area contributed by atoms with Crippen LogP contribution < -0.4 is 14.4 Å². The first-order valence-electron chi connectivity index (χ1n) is 15.0. The van der Waals surface area contributed by atoms with Gasteiger partial charge in [-0.05, 0) is 86.8 Å². The van der Waals surface area contributed by atoms with E-state index in [0.29, 0.717) is 22.0 Å². The van der Waals surface area contributed by atoms with Gasteiger partial charge in [0.05, 0.1) is 17.7 Å². The molecule has 2 amide bonds. The molecule has 0 radical (unpaired) electrons. The molecule has 4 aromatic rings. The highest BCUT2D eigenvalue weighted by molar-refractivity contribution is 7.92. The number of carbonyl (C=O) groups excluding carboxylic acids is 2. The van der Waals surface area contributed by atoms with Crippen LogP contribution in [0.4, 0.5) is 5.69 Å². The summed E-state index contributed by atoms with van der Waals surface area (Å²) in [5.74, 6) is -0.296. The van der Waals surface area contributed by atoms with Crippen molar-refractivity contribution >= 4 is 39.1 Å². The lowest BCUT2D eigenvalue weighted by molar-refractivity contribution is -0.140. The fraction of sp³-hybridized carbons (Fsp3) is 0.278. The van der Waals surface area contributed by atoms with E-state index in [4.69, 9.17) is 16.3 Å². The number of halogens is 1. The van der Waals surface area contributed by atoms with Crippen LogP contribution in [0.25, 0.3) is 0 Å². The Morgan fingerprint density at radius 1 is 0.870 bits per heavy atom. The summed E-state index contributed by atoms with van der Waals surface area (Å²) in [7, 11) is -2.67. The van der Waals surface area contributed by atoms with E-state index in [9.17, 15) is 18.0 Å². The topological polar surface area (TPSA) is 96.0 Å².